The van der Waals surface area contributed by atoms with Crippen molar-refractivity contribution in [1.82, 2.24) is 4.90 Å². The van der Waals surface area contributed by atoms with Gasteiger partial charge < -0.3 is 14.7 Å². The van der Waals surface area contributed by atoms with E-state index in [1.54, 1.807) is 0 Å². The van der Waals surface area contributed by atoms with Crippen LogP contribution >= 0.6 is 0 Å². The molecule has 0 aliphatic carbocycles. The maximum atomic E-state index is 10.2. The van der Waals surface area contributed by atoms with Crippen molar-refractivity contribution in [2.24, 2.45) is 5.92 Å². The summed E-state index contributed by atoms with van der Waals surface area (Å²) in [5.74, 6) is 0.769. The fourth-order valence-corrected chi connectivity index (χ4v) is 3.56. The molecule has 1 unspecified atom stereocenters. The lowest BCUT2D eigenvalue weighted by Gasteiger charge is -2.33. The standard InChI is InChI=1S/C22H29NO2/c24-22(18-25-17-21-9-5-2-6-10-21)16-23-13-11-20(12-14-23)15-19-7-3-1-4-8-19/h1-10,20,22,24H,11-18H2. The number of likely N-dealkylation sites (tertiary alicyclic amines) is 1. The predicted octanol–water partition coefficient (Wildman–Crippen LogP) is 3.52. The van der Waals surface area contributed by atoms with E-state index in [0.717, 1.165) is 24.6 Å². The van der Waals surface area contributed by atoms with Gasteiger partial charge in [0.25, 0.3) is 0 Å². The number of piperidine rings is 1. The lowest BCUT2D eigenvalue weighted by Crippen LogP contribution is -2.40. The first-order chi connectivity index (χ1) is 12.3. The molecule has 0 saturated carbocycles. The van der Waals surface area contributed by atoms with E-state index >= 15 is 0 Å². The quantitative estimate of drug-likeness (QED) is 0.799. The van der Waals surface area contributed by atoms with Crippen LogP contribution in [0, 0.1) is 5.92 Å². The smallest absolute Gasteiger partial charge is 0.0900 e. The zero-order valence-corrected chi connectivity index (χ0v) is 14.9. The SMILES string of the molecule is OC(COCc1ccccc1)CN1CCC(Cc2ccccc2)CC1. The third-order valence-electron chi connectivity index (χ3n) is 4.97. The number of aliphatic hydroxyl groups is 1. The molecular formula is C22H29NO2. The van der Waals surface area contributed by atoms with Crippen molar-refractivity contribution in [3.05, 3.63) is 71.8 Å². The van der Waals surface area contributed by atoms with E-state index in [9.17, 15) is 5.11 Å². The third-order valence-corrected chi connectivity index (χ3v) is 4.97. The van der Waals surface area contributed by atoms with Gasteiger partial charge in [-0.15, -0.1) is 0 Å². The van der Waals surface area contributed by atoms with E-state index in [-0.39, 0.29) is 0 Å². The Labute approximate surface area is 151 Å². The second kappa shape index (κ2) is 9.71. The number of hydrogen-bond donors (Lipinski definition) is 1. The zero-order valence-electron chi connectivity index (χ0n) is 14.9. The van der Waals surface area contributed by atoms with Crippen LogP contribution in [-0.4, -0.2) is 42.4 Å². The van der Waals surface area contributed by atoms with Gasteiger partial charge in [-0.3, -0.25) is 0 Å². The Bertz CT molecular complexity index is 594. The van der Waals surface area contributed by atoms with E-state index in [2.05, 4.69) is 35.2 Å². The van der Waals surface area contributed by atoms with Gasteiger partial charge in [0, 0.05) is 6.54 Å². The topological polar surface area (TPSA) is 32.7 Å². The molecule has 0 spiro atoms. The summed E-state index contributed by atoms with van der Waals surface area (Å²) < 4.78 is 5.65. The summed E-state index contributed by atoms with van der Waals surface area (Å²) >= 11 is 0. The number of benzene rings is 2. The minimum absolute atomic E-state index is 0.402. The highest BCUT2D eigenvalue weighted by atomic mass is 16.5. The van der Waals surface area contributed by atoms with Crippen LogP contribution in [-0.2, 0) is 17.8 Å². The fourth-order valence-electron chi connectivity index (χ4n) is 3.56. The molecule has 1 saturated heterocycles. The summed E-state index contributed by atoms with van der Waals surface area (Å²) in [5.41, 5.74) is 2.59. The van der Waals surface area contributed by atoms with Crippen LogP contribution in [0.3, 0.4) is 0 Å². The maximum Gasteiger partial charge on any atom is 0.0900 e. The van der Waals surface area contributed by atoms with Gasteiger partial charge in [0.2, 0.25) is 0 Å². The summed E-state index contributed by atoms with van der Waals surface area (Å²) in [4.78, 5) is 2.37. The molecule has 1 heterocycles. The predicted molar refractivity (Wildman–Crippen MR) is 101 cm³/mol. The lowest BCUT2D eigenvalue weighted by molar-refractivity contribution is 0.00451. The van der Waals surface area contributed by atoms with Gasteiger partial charge in [0.05, 0.1) is 19.3 Å². The molecule has 1 N–H and O–H groups in total. The third kappa shape index (κ3) is 6.28. The normalized spacial score (nSPS) is 17.5. The molecule has 1 aliphatic heterocycles. The molecule has 0 bridgehead atoms. The molecule has 0 aromatic heterocycles. The Hall–Kier alpha value is -1.68. The number of β-amino-alcohol motifs (C(OH)–C–C–N with tert-alkyl or cyclic N) is 1. The van der Waals surface area contributed by atoms with Crippen molar-refractivity contribution in [3.8, 4) is 0 Å². The first-order valence-corrected chi connectivity index (χ1v) is 9.35. The van der Waals surface area contributed by atoms with Crippen LogP contribution in [0.4, 0.5) is 0 Å². The Kier molecular flexibility index (Phi) is 7.04. The van der Waals surface area contributed by atoms with Gasteiger partial charge in [-0.1, -0.05) is 60.7 Å². The molecule has 2 aromatic carbocycles. The largest absolute Gasteiger partial charge is 0.389 e. The Morgan fingerprint density at radius 2 is 1.52 bits per heavy atom. The molecule has 0 amide bonds. The van der Waals surface area contributed by atoms with Crippen molar-refractivity contribution in [2.45, 2.75) is 32.0 Å². The van der Waals surface area contributed by atoms with Gasteiger partial charge in [-0.25, -0.2) is 0 Å². The van der Waals surface area contributed by atoms with E-state index in [1.165, 1.54) is 24.8 Å². The summed E-state index contributed by atoms with van der Waals surface area (Å²) in [6, 6.07) is 20.9. The fraction of sp³-hybridized carbons (Fsp3) is 0.455. The van der Waals surface area contributed by atoms with Crippen LogP contribution in [0.1, 0.15) is 24.0 Å². The molecule has 1 atom stereocenters. The number of aliphatic hydroxyl groups excluding tert-OH is 1. The minimum Gasteiger partial charge on any atom is -0.389 e. The molecular weight excluding hydrogens is 310 g/mol. The number of ether oxygens (including phenoxy) is 1. The molecule has 1 aliphatic rings. The van der Waals surface area contributed by atoms with Crippen LogP contribution in [0.5, 0.6) is 0 Å². The summed E-state index contributed by atoms with van der Waals surface area (Å²) in [7, 11) is 0. The van der Waals surface area contributed by atoms with Gasteiger partial charge in [-0.2, -0.15) is 0 Å². The van der Waals surface area contributed by atoms with E-state index in [1.807, 2.05) is 30.3 Å². The zero-order chi connectivity index (χ0) is 17.3. The average Bonchev–Trinajstić information content (AvgIpc) is 2.65. The molecule has 1 fully saturated rings. The van der Waals surface area contributed by atoms with Crippen molar-refractivity contribution in [1.29, 1.82) is 0 Å². The Morgan fingerprint density at radius 3 is 2.16 bits per heavy atom. The Morgan fingerprint density at radius 1 is 0.920 bits per heavy atom. The second-order valence-corrected chi connectivity index (χ2v) is 7.09. The van der Waals surface area contributed by atoms with Crippen molar-refractivity contribution in [3.63, 3.8) is 0 Å². The molecule has 3 heteroatoms. The van der Waals surface area contributed by atoms with E-state index in [0.29, 0.717) is 19.8 Å². The van der Waals surface area contributed by atoms with Crippen LogP contribution in [0.15, 0.2) is 60.7 Å². The molecule has 0 radical (unpaired) electrons. The second-order valence-electron chi connectivity index (χ2n) is 7.09. The van der Waals surface area contributed by atoms with Crippen molar-refractivity contribution >= 4 is 0 Å². The van der Waals surface area contributed by atoms with Gasteiger partial charge in [0.1, 0.15) is 0 Å². The van der Waals surface area contributed by atoms with Gasteiger partial charge >= 0.3 is 0 Å². The Balaban J connectivity index is 1.31. The first kappa shape index (κ1) is 18.1. The van der Waals surface area contributed by atoms with Crippen LogP contribution < -0.4 is 0 Å². The van der Waals surface area contributed by atoms with Gasteiger partial charge in [-0.05, 0) is 49.4 Å². The van der Waals surface area contributed by atoms with Crippen LogP contribution in [0.25, 0.3) is 0 Å². The summed E-state index contributed by atoms with van der Waals surface area (Å²) in [6.07, 6.45) is 3.20. The number of nitrogens with zero attached hydrogens (tertiary/aromatic N) is 1. The van der Waals surface area contributed by atoms with Crippen molar-refractivity contribution in [2.75, 3.05) is 26.2 Å². The molecule has 3 rings (SSSR count). The highest BCUT2D eigenvalue weighted by Gasteiger charge is 2.21. The number of hydrogen-bond acceptors (Lipinski definition) is 3. The van der Waals surface area contributed by atoms with E-state index < -0.39 is 6.10 Å². The summed E-state index contributed by atoms with van der Waals surface area (Å²) in [6.45, 7) is 3.84. The lowest BCUT2D eigenvalue weighted by atomic mass is 9.90. The minimum atomic E-state index is -0.408. The number of rotatable bonds is 8. The van der Waals surface area contributed by atoms with Crippen molar-refractivity contribution < 1.29 is 9.84 Å². The maximum absolute atomic E-state index is 10.2. The monoisotopic (exact) mass is 339 g/mol. The molecule has 2 aromatic rings. The molecule has 134 valence electrons. The summed E-state index contributed by atoms with van der Waals surface area (Å²) in [5, 5.41) is 10.2. The molecule has 25 heavy (non-hydrogen) atoms. The van der Waals surface area contributed by atoms with Gasteiger partial charge in [0.15, 0.2) is 0 Å². The highest BCUT2D eigenvalue weighted by molar-refractivity contribution is 5.15. The van der Waals surface area contributed by atoms with E-state index in [4.69, 9.17) is 4.74 Å². The average molecular weight is 339 g/mol. The first-order valence-electron chi connectivity index (χ1n) is 9.35. The highest BCUT2D eigenvalue weighted by Crippen LogP contribution is 2.21. The molecule has 3 nitrogen and oxygen atoms in total. The van der Waals surface area contributed by atoms with Crippen LogP contribution in [0.2, 0.25) is 0 Å².